The molecular weight excluding hydrogens is 1200 g/mol. The highest BCUT2D eigenvalue weighted by molar-refractivity contribution is 5.95. The zero-order valence-electron chi connectivity index (χ0n) is 52.6. The monoisotopic (exact) mass is 1300 g/mol. The largest absolute Gasteiger partial charge is 0.394 e. The van der Waals surface area contributed by atoms with Crippen molar-refractivity contribution in [3.05, 3.63) is 11.6 Å². The quantitative estimate of drug-likeness (QED) is 0.0544. The summed E-state index contributed by atoms with van der Waals surface area (Å²) in [6.07, 6.45) is -39.0. The Labute approximate surface area is 522 Å². The van der Waals surface area contributed by atoms with Crippen LogP contribution in [0.25, 0.3) is 0 Å². The predicted octanol–water partition coefficient (Wildman–Crippen LogP) is -4.81. The van der Waals surface area contributed by atoms with E-state index in [1.54, 1.807) is 13.0 Å². The van der Waals surface area contributed by atoms with Gasteiger partial charge >= 0.3 is 0 Å². The fraction of sp³-hybridized carbons (Fsp3) is 0.951. The molecule has 9 rings (SSSR count). The zero-order chi connectivity index (χ0) is 66.4. The van der Waals surface area contributed by atoms with Crippen LogP contribution in [-0.2, 0) is 52.2 Å². The molecule has 0 spiro atoms. The van der Waals surface area contributed by atoms with E-state index < -0.39 is 231 Å². The van der Waals surface area contributed by atoms with Crippen LogP contribution in [0.3, 0.4) is 0 Å². The first-order valence-corrected chi connectivity index (χ1v) is 31.9. The predicted molar refractivity (Wildman–Crippen MR) is 304 cm³/mol. The van der Waals surface area contributed by atoms with Crippen LogP contribution in [0.15, 0.2) is 11.6 Å². The van der Waals surface area contributed by atoms with Gasteiger partial charge < -0.3 is 139 Å². The number of aliphatic hydroxyl groups excluding tert-OH is 17. The molecule has 5 aliphatic heterocycles. The fourth-order valence-electron chi connectivity index (χ4n) is 17.0. The highest BCUT2D eigenvalue weighted by atomic mass is 16.8. The maximum atomic E-state index is 15.2. The van der Waals surface area contributed by atoms with Gasteiger partial charge in [-0.3, -0.25) is 4.79 Å². The molecular formula is C61H102O29. The molecule has 18 N–H and O–H groups in total. The van der Waals surface area contributed by atoms with E-state index in [4.69, 9.17) is 47.4 Å². The van der Waals surface area contributed by atoms with Crippen molar-refractivity contribution in [3.63, 3.8) is 0 Å². The first kappa shape index (κ1) is 72.6. The normalized spacial score (nSPS) is 51.4. The van der Waals surface area contributed by atoms with Crippen molar-refractivity contribution in [2.24, 2.45) is 45.3 Å². The van der Waals surface area contributed by atoms with Crippen molar-refractivity contribution >= 4 is 5.78 Å². The lowest BCUT2D eigenvalue weighted by atomic mass is 9.38. The van der Waals surface area contributed by atoms with E-state index in [2.05, 4.69) is 20.8 Å². The number of hydrogen-bond donors (Lipinski definition) is 18. The molecule has 0 aromatic heterocycles. The average Bonchev–Trinajstić information content (AvgIpc) is 1.27. The fourth-order valence-corrected chi connectivity index (χ4v) is 17.0. The van der Waals surface area contributed by atoms with Gasteiger partial charge in [-0.05, 0) is 99.9 Å². The molecule has 8 fully saturated rings. The third kappa shape index (κ3) is 12.9. The van der Waals surface area contributed by atoms with Crippen molar-refractivity contribution in [3.8, 4) is 0 Å². The first-order chi connectivity index (χ1) is 42.0. The lowest BCUT2D eigenvalue weighted by molar-refractivity contribution is -0.379. The standard InChI is InChI=1S/C61H102O29/c1-10-28-36(66)41(71)49(79)55(83-28)90-50-45(75)40(70)32(22-82-53-47(77)43(73)38(68)30(20-63)85-53)87-56(50)89-35(58(5,6)80)13-11-23(2)24-15-16-59(7)51-27(64)17-26-25(61(51,9)33(65)18-60(24,59)8)12-14-34(57(26,3)4)88-54-48(78)44(74)39(69)31(86-54)21-81-52-46(76)42(72)37(67)29(19-62)84-52/h17,23-25,28-56,62-63,65-80H,10-16,18-22H2,1-9H3/t23-,24?,25?,28+,29-,30-,31-,32-,33-,34+,35-,36+,37-,38-,39-,40-,41-,42+,43+,44+,45+,46-,47-,48-,49+,50-,51?,52-,53-,54+,55-,56+,59+,60-,61-/m1/s1. The maximum Gasteiger partial charge on any atom is 0.187 e. The molecule has 9 aliphatic rings. The molecule has 90 heavy (non-hydrogen) atoms. The van der Waals surface area contributed by atoms with E-state index in [1.165, 1.54) is 13.8 Å². The second kappa shape index (κ2) is 27.7. The molecule has 4 aliphatic carbocycles. The van der Waals surface area contributed by atoms with Gasteiger partial charge in [-0.15, -0.1) is 0 Å². The minimum Gasteiger partial charge on any atom is -0.394 e. The Morgan fingerprint density at radius 2 is 1.01 bits per heavy atom. The lowest BCUT2D eigenvalue weighted by Gasteiger charge is -2.66. The van der Waals surface area contributed by atoms with Crippen LogP contribution < -0.4 is 0 Å². The van der Waals surface area contributed by atoms with E-state index in [9.17, 15) is 91.9 Å². The Morgan fingerprint density at radius 1 is 0.556 bits per heavy atom. The third-order valence-corrected chi connectivity index (χ3v) is 22.8. The van der Waals surface area contributed by atoms with Crippen LogP contribution in [0.4, 0.5) is 0 Å². The lowest BCUT2D eigenvalue weighted by Crippen LogP contribution is -2.67. The molecule has 35 atom stereocenters. The highest BCUT2D eigenvalue weighted by Crippen LogP contribution is 2.74. The molecule has 29 nitrogen and oxygen atoms in total. The summed E-state index contributed by atoms with van der Waals surface area (Å²) < 4.78 is 59.6. The molecule has 5 heterocycles. The Balaban J connectivity index is 0.896. The molecule has 5 saturated heterocycles. The van der Waals surface area contributed by atoms with Gasteiger partial charge in [-0.2, -0.15) is 0 Å². The number of rotatable bonds is 20. The number of ketones is 1. The van der Waals surface area contributed by atoms with Crippen molar-refractivity contribution in [1.29, 1.82) is 0 Å². The Hall–Kier alpha value is -1.71. The van der Waals surface area contributed by atoms with Crippen molar-refractivity contribution in [1.82, 2.24) is 0 Å². The van der Waals surface area contributed by atoms with Crippen LogP contribution in [0, 0.1) is 45.3 Å². The molecule has 0 aromatic carbocycles. The Kier molecular flexibility index (Phi) is 22.3. The number of fused-ring (bicyclic) bond motifs is 5. The second-order valence-corrected chi connectivity index (χ2v) is 28.9. The third-order valence-electron chi connectivity index (χ3n) is 22.8. The van der Waals surface area contributed by atoms with Gasteiger partial charge in [0.25, 0.3) is 0 Å². The molecule has 0 amide bonds. The smallest absolute Gasteiger partial charge is 0.187 e. The first-order valence-electron chi connectivity index (χ1n) is 31.9. The number of aliphatic hydroxyl groups is 18. The second-order valence-electron chi connectivity index (χ2n) is 28.9. The van der Waals surface area contributed by atoms with Crippen molar-refractivity contribution < 1.29 is 144 Å². The number of allylic oxidation sites excluding steroid dienone is 1. The molecule has 3 unspecified atom stereocenters. The summed E-state index contributed by atoms with van der Waals surface area (Å²) in [5.74, 6) is -1.29. The Morgan fingerprint density at radius 3 is 1.52 bits per heavy atom. The molecule has 3 saturated carbocycles. The topological polar surface area (TPSA) is 474 Å². The summed E-state index contributed by atoms with van der Waals surface area (Å²) in [6, 6.07) is 0. The summed E-state index contributed by atoms with van der Waals surface area (Å²) >= 11 is 0. The van der Waals surface area contributed by atoms with Gasteiger partial charge in [0.1, 0.15) is 116 Å². The minimum absolute atomic E-state index is 0.0775. The van der Waals surface area contributed by atoms with Crippen LogP contribution in [-0.4, -0.2) is 302 Å². The molecule has 29 heteroatoms. The van der Waals surface area contributed by atoms with Gasteiger partial charge in [-0.25, -0.2) is 0 Å². The summed E-state index contributed by atoms with van der Waals surface area (Å²) in [6.45, 7) is 14.1. The number of ether oxygens (including phenoxy) is 10. The van der Waals surface area contributed by atoms with Gasteiger partial charge in [0, 0.05) is 16.7 Å². The van der Waals surface area contributed by atoms with E-state index in [0.717, 1.165) is 5.57 Å². The highest BCUT2D eigenvalue weighted by Gasteiger charge is 2.72. The summed E-state index contributed by atoms with van der Waals surface area (Å²) in [7, 11) is 0. The van der Waals surface area contributed by atoms with Crippen LogP contribution in [0.5, 0.6) is 0 Å². The molecule has 520 valence electrons. The van der Waals surface area contributed by atoms with E-state index >= 15 is 4.79 Å². The van der Waals surface area contributed by atoms with Crippen LogP contribution in [0.1, 0.15) is 114 Å². The summed E-state index contributed by atoms with van der Waals surface area (Å²) in [4.78, 5) is 15.2. The van der Waals surface area contributed by atoms with E-state index in [-0.39, 0.29) is 36.4 Å². The van der Waals surface area contributed by atoms with E-state index in [0.29, 0.717) is 38.5 Å². The maximum absolute atomic E-state index is 15.2. The summed E-state index contributed by atoms with van der Waals surface area (Å²) in [5.41, 5.74) is -4.03. The summed E-state index contributed by atoms with van der Waals surface area (Å²) in [5, 5.41) is 196. The van der Waals surface area contributed by atoms with Gasteiger partial charge in [0.15, 0.2) is 37.2 Å². The van der Waals surface area contributed by atoms with E-state index in [1.807, 2.05) is 20.8 Å². The van der Waals surface area contributed by atoms with Crippen molar-refractivity contribution in [2.45, 2.75) is 291 Å². The molecule has 0 aromatic rings. The van der Waals surface area contributed by atoms with Gasteiger partial charge in [0.05, 0.1) is 56.4 Å². The molecule has 0 radical (unpaired) electrons. The van der Waals surface area contributed by atoms with Crippen molar-refractivity contribution in [2.75, 3.05) is 26.4 Å². The van der Waals surface area contributed by atoms with Gasteiger partial charge in [0.2, 0.25) is 0 Å². The molecule has 0 bridgehead atoms. The number of hydrogen-bond acceptors (Lipinski definition) is 29. The Bertz CT molecular complexity index is 2430. The minimum atomic E-state index is -1.92. The SMILES string of the molecule is CC[C@@H]1O[C@H](O[C@H]2[C@H](O[C@H](CC[C@@H](C)C3CC[C@@]4(C)C5C(=O)C=C6C(CC[C@H](O[C@@H]7O[C@H](CO[C@@H]8O[C@H](CO)[C@@H](O)[C@H](O)[C@H]8O)[C@@H](O)[C@H](O)[C@H]7O)C6(C)C)[C@]5(C)[C@H](O)C[C@]34C)C(C)(C)O)O[C@H](CO[C@@H]3O[C@H](CO)[C@@H](O)[C@H](O)[C@H]3O)[C@@H](O)[C@@H]2O)[C@@H](O)[C@H](O)[C@H]1O. The van der Waals surface area contributed by atoms with Gasteiger partial charge in [-0.1, -0.05) is 54.0 Å². The zero-order valence-corrected chi connectivity index (χ0v) is 52.6. The van der Waals surface area contributed by atoms with Crippen LogP contribution >= 0.6 is 0 Å². The average molecular weight is 1300 g/mol. The van der Waals surface area contributed by atoms with Crippen LogP contribution in [0.2, 0.25) is 0 Å². The number of carbonyl (C=O) groups excluding carboxylic acids is 1. The number of carbonyl (C=O) groups is 1.